The van der Waals surface area contributed by atoms with Crippen molar-refractivity contribution in [1.82, 2.24) is 9.97 Å². The van der Waals surface area contributed by atoms with E-state index in [9.17, 15) is 13.2 Å². The van der Waals surface area contributed by atoms with E-state index in [-0.39, 0.29) is 18.2 Å². The maximum atomic E-state index is 12.4. The van der Waals surface area contributed by atoms with Gasteiger partial charge < -0.3 is 15.7 Å². The van der Waals surface area contributed by atoms with Crippen molar-refractivity contribution in [2.24, 2.45) is 0 Å². The molecule has 0 radical (unpaired) electrons. The molecule has 0 atom stereocenters. The van der Waals surface area contributed by atoms with Gasteiger partial charge in [-0.3, -0.25) is 0 Å². The second kappa shape index (κ2) is 5.17. The number of halogens is 3. The van der Waals surface area contributed by atoms with Crippen LogP contribution < -0.4 is 10.6 Å². The molecule has 0 saturated heterocycles. The summed E-state index contributed by atoms with van der Waals surface area (Å²) in [5, 5.41) is 8.64. The Morgan fingerprint density at radius 1 is 1.41 bits per heavy atom. The third-order valence-corrected chi connectivity index (χ3v) is 2.03. The highest BCUT2D eigenvalue weighted by molar-refractivity contribution is 5.46. The molecular formula is C9H13F3N4O. The molecular weight excluding hydrogens is 237 g/mol. The fraction of sp³-hybridized carbons (Fsp3) is 0.556. The van der Waals surface area contributed by atoms with Gasteiger partial charge >= 0.3 is 6.18 Å². The Hall–Kier alpha value is -1.57. The molecule has 5 nitrogen and oxygen atoms in total. The van der Waals surface area contributed by atoms with Gasteiger partial charge in [0.05, 0.1) is 0 Å². The normalized spacial score (nSPS) is 11.6. The molecule has 0 amide bonds. The van der Waals surface area contributed by atoms with Gasteiger partial charge in [0, 0.05) is 26.3 Å². The predicted octanol–water partition coefficient (Wildman–Crippen LogP) is 0.896. The minimum Gasteiger partial charge on any atom is -0.396 e. The zero-order chi connectivity index (χ0) is 13.1. The van der Waals surface area contributed by atoms with Crippen molar-refractivity contribution in [3.05, 3.63) is 11.9 Å². The lowest BCUT2D eigenvalue weighted by atomic mass is 10.4. The van der Waals surface area contributed by atoms with E-state index < -0.39 is 12.0 Å². The largest absolute Gasteiger partial charge is 0.451 e. The Kier molecular flexibility index (Phi) is 4.11. The number of alkyl halides is 3. The van der Waals surface area contributed by atoms with Crippen LogP contribution in [0.15, 0.2) is 6.07 Å². The number of nitrogen functional groups attached to an aromatic ring is 1. The molecule has 1 heterocycles. The van der Waals surface area contributed by atoms with Crippen molar-refractivity contribution in [2.75, 3.05) is 30.8 Å². The number of nitrogens with zero attached hydrogens (tertiary/aromatic N) is 3. The average molecular weight is 250 g/mol. The van der Waals surface area contributed by atoms with Gasteiger partial charge in [0.1, 0.15) is 11.6 Å². The summed E-state index contributed by atoms with van der Waals surface area (Å²) in [5.74, 6) is -1.42. The fourth-order valence-corrected chi connectivity index (χ4v) is 1.20. The minimum absolute atomic E-state index is 0.0446. The predicted molar refractivity (Wildman–Crippen MR) is 56.4 cm³/mol. The molecule has 96 valence electrons. The lowest BCUT2D eigenvalue weighted by molar-refractivity contribution is -0.144. The highest BCUT2D eigenvalue weighted by atomic mass is 19.4. The third kappa shape index (κ3) is 3.74. The van der Waals surface area contributed by atoms with E-state index in [1.807, 2.05) is 0 Å². The molecule has 0 aromatic carbocycles. The van der Waals surface area contributed by atoms with Crippen molar-refractivity contribution in [1.29, 1.82) is 0 Å². The first kappa shape index (κ1) is 13.5. The number of rotatable bonds is 4. The molecule has 0 bridgehead atoms. The lowest BCUT2D eigenvalue weighted by Gasteiger charge is -2.18. The van der Waals surface area contributed by atoms with Crippen LogP contribution in [0.1, 0.15) is 12.2 Å². The summed E-state index contributed by atoms with van der Waals surface area (Å²) < 4.78 is 37.3. The summed E-state index contributed by atoms with van der Waals surface area (Å²) in [7, 11) is 1.57. The standard InChI is InChI=1S/C9H13F3N4O/c1-16(3-2-4-17)7-5-6(13)14-8(15-7)9(10,11)12/h5,17H,2-4H2,1H3,(H2,13,14,15). The average Bonchev–Trinajstić information content (AvgIpc) is 2.23. The molecule has 0 fully saturated rings. The van der Waals surface area contributed by atoms with Crippen molar-refractivity contribution in [2.45, 2.75) is 12.6 Å². The molecule has 0 saturated carbocycles. The summed E-state index contributed by atoms with van der Waals surface area (Å²) in [5.41, 5.74) is 5.30. The van der Waals surface area contributed by atoms with Crippen LogP contribution in [0.4, 0.5) is 24.8 Å². The molecule has 1 aromatic heterocycles. The molecule has 1 aromatic rings. The van der Waals surface area contributed by atoms with Crippen molar-refractivity contribution >= 4 is 11.6 Å². The molecule has 0 aliphatic carbocycles. The monoisotopic (exact) mass is 250 g/mol. The van der Waals surface area contributed by atoms with Crippen LogP contribution in [0.5, 0.6) is 0 Å². The minimum atomic E-state index is -4.62. The molecule has 0 aliphatic rings. The second-order valence-corrected chi connectivity index (χ2v) is 3.47. The number of hydrogen-bond acceptors (Lipinski definition) is 5. The van der Waals surface area contributed by atoms with Gasteiger partial charge in [0.25, 0.3) is 0 Å². The highest BCUT2D eigenvalue weighted by Gasteiger charge is 2.35. The van der Waals surface area contributed by atoms with Crippen LogP contribution in [0.2, 0.25) is 0 Å². The summed E-state index contributed by atoms with van der Waals surface area (Å²) in [6, 6.07) is 1.26. The number of aliphatic hydroxyl groups is 1. The molecule has 0 aliphatic heterocycles. The maximum Gasteiger partial charge on any atom is 0.451 e. The summed E-state index contributed by atoms with van der Waals surface area (Å²) in [4.78, 5) is 7.99. The number of hydrogen-bond donors (Lipinski definition) is 2. The first-order chi connectivity index (χ1) is 7.84. The molecule has 17 heavy (non-hydrogen) atoms. The maximum absolute atomic E-state index is 12.4. The van der Waals surface area contributed by atoms with Gasteiger partial charge in [0.15, 0.2) is 0 Å². The van der Waals surface area contributed by atoms with E-state index in [4.69, 9.17) is 10.8 Å². The zero-order valence-corrected chi connectivity index (χ0v) is 9.20. The van der Waals surface area contributed by atoms with E-state index in [1.165, 1.54) is 11.0 Å². The quantitative estimate of drug-likeness (QED) is 0.830. The number of nitrogens with two attached hydrogens (primary N) is 1. The van der Waals surface area contributed by atoms with Crippen molar-refractivity contribution < 1.29 is 18.3 Å². The topological polar surface area (TPSA) is 75.3 Å². The number of aliphatic hydroxyl groups excluding tert-OH is 1. The van der Waals surface area contributed by atoms with E-state index in [0.717, 1.165) is 0 Å². The number of aromatic nitrogens is 2. The summed E-state index contributed by atoms with van der Waals surface area (Å²) in [6.45, 7) is 0.335. The smallest absolute Gasteiger partial charge is 0.396 e. The molecule has 0 unspecified atom stereocenters. The summed E-state index contributed by atoms with van der Waals surface area (Å²) in [6.07, 6.45) is -4.19. The van der Waals surface area contributed by atoms with Gasteiger partial charge in [0.2, 0.25) is 5.82 Å². The van der Waals surface area contributed by atoms with Crippen molar-refractivity contribution in [3.8, 4) is 0 Å². The Labute approximate surface area is 96.1 Å². The SMILES string of the molecule is CN(CCCO)c1cc(N)nc(C(F)(F)F)n1. The van der Waals surface area contributed by atoms with E-state index in [2.05, 4.69) is 9.97 Å². The fourth-order valence-electron chi connectivity index (χ4n) is 1.20. The Bertz CT molecular complexity index is 383. The third-order valence-electron chi connectivity index (χ3n) is 2.03. The van der Waals surface area contributed by atoms with Gasteiger partial charge in [-0.05, 0) is 6.42 Å². The van der Waals surface area contributed by atoms with Crippen LogP contribution >= 0.6 is 0 Å². The van der Waals surface area contributed by atoms with Gasteiger partial charge in [-0.1, -0.05) is 0 Å². The van der Waals surface area contributed by atoms with Crippen LogP contribution in [0.25, 0.3) is 0 Å². The zero-order valence-electron chi connectivity index (χ0n) is 9.20. The Morgan fingerprint density at radius 3 is 2.59 bits per heavy atom. The first-order valence-corrected chi connectivity index (χ1v) is 4.88. The van der Waals surface area contributed by atoms with Gasteiger partial charge in [-0.2, -0.15) is 13.2 Å². The second-order valence-electron chi connectivity index (χ2n) is 3.47. The van der Waals surface area contributed by atoms with Crippen LogP contribution in [0, 0.1) is 0 Å². The van der Waals surface area contributed by atoms with Crippen molar-refractivity contribution in [3.63, 3.8) is 0 Å². The Morgan fingerprint density at radius 2 is 2.06 bits per heavy atom. The lowest BCUT2D eigenvalue weighted by Crippen LogP contribution is -2.23. The van der Waals surface area contributed by atoms with Gasteiger partial charge in [-0.15, -0.1) is 0 Å². The number of anilines is 2. The molecule has 1 rings (SSSR count). The van der Waals surface area contributed by atoms with E-state index in [1.54, 1.807) is 7.05 Å². The van der Waals surface area contributed by atoms with Crippen LogP contribution in [0.3, 0.4) is 0 Å². The van der Waals surface area contributed by atoms with E-state index in [0.29, 0.717) is 13.0 Å². The van der Waals surface area contributed by atoms with Crippen LogP contribution in [-0.4, -0.2) is 35.3 Å². The Balaban J connectivity index is 2.97. The molecule has 3 N–H and O–H groups in total. The first-order valence-electron chi connectivity index (χ1n) is 4.88. The highest BCUT2D eigenvalue weighted by Crippen LogP contribution is 2.28. The van der Waals surface area contributed by atoms with E-state index >= 15 is 0 Å². The van der Waals surface area contributed by atoms with Gasteiger partial charge in [-0.25, -0.2) is 9.97 Å². The summed E-state index contributed by atoms with van der Waals surface area (Å²) >= 11 is 0. The van der Waals surface area contributed by atoms with Crippen LogP contribution in [-0.2, 0) is 6.18 Å². The molecule has 0 spiro atoms. The molecule has 8 heteroatoms.